The van der Waals surface area contributed by atoms with Crippen LogP contribution in [0.1, 0.15) is 60.0 Å². The van der Waals surface area contributed by atoms with E-state index in [1.54, 1.807) is 11.9 Å². The van der Waals surface area contributed by atoms with Crippen molar-refractivity contribution in [2.75, 3.05) is 12.8 Å². The van der Waals surface area contributed by atoms with Crippen LogP contribution in [0.25, 0.3) is 0 Å². The Bertz CT molecular complexity index is 646. The predicted octanol–water partition coefficient (Wildman–Crippen LogP) is 2.60. The molecule has 1 aliphatic heterocycles. The van der Waals surface area contributed by atoms with Crippen molar-refractivity contribution in [2.24, 2.45) is 5.41 Å². The van der Waals surface area contributed by atoms with E-state index in [0.717, 1.165) is 18.4 Å². The minimum atomic E-state index is -0.705. The Kier molecular flexibility index (Phi) is 3.38. The molecule has 1 amide bonds. The number of rotatable bonds is 2. The van der Waals surface area contributed by atoms with E-state index in [0.29, 0.717) is 36.6 Å². The first-order valence-corrected chi connectivity index (χ1v) is 7.73. The fourth-order valence-electron chi connectivity index (χ4n) is 3.77. The summed E-state index contributed by atoms with van der Waals surface area (Å²) in [7, 11) is 1.79. The van der Waals surface area contributed by atoms with E-state index >= 15 is 0 Å². The molecule has 1 aliphatic carbocycles. The number of nitrogen functional groups attached to an aromatic ring is 1. The normalized spacial score (nSPS) is 27.8. The summed E-state index contributed by atoms with van der Waals surface area (Å²) in [5, 5.41) is 9.35. The summed E-state index contributed by atoms with van der Waals surface area (Å²) in [5.41, 5.74) is 8.77. The molecule has 22 heavy (non-hydrogen) atoms. The van der Waals surface area contributed by atoms with E-state index in [1.807, 2.05) is 19.1 Å². The number of benzene rings is 1. The number of hydrogen-bond acceptors (Lipinski definition) is 3. The summed E-state index contributed by atoms with van der Waals surface area (Å²) in [6.45, 7) is 2.43. The van der Waals surface area contributed by atoms with E-state index < -0.39 is 11.4 Å². The topological polar surface area (TPSA) is 83.6 Å². The number of amides is 1. The molecule has 1 aromatic rings. The third kappa shape index (κ3) is 2.16. The molecule has 1 heterocycles. The lowest BCUT2D eigenvalue weighted by atomic mass is 9.69. The lowest BCUT2D eigenvalue weighted by Gasteiger charge is -2.34. The Balaban J connectivity index is 1.90. The molecule has 5 heteroatoms. The lowest BCUT2D eigenvalue weighted by molar-refractivity contribution is -0.149. The third-order valence-corrected chi connectivity index (χ3v) is 5.38. The maximum Gasteiger partial charge on any atom is 0.309 e. The van der Waals surface area contributed by atoms with Crippen molar-refractivity contribution in [3.8, 4) is 0 Å². The maximum atomic E-state index is 12.2. The van der Waals surface area contributed by atoms with Gasteiger partial charge in [0.1, 0.15) is 0 Å². The van der Waals surface area contributed by atoms with Gasteiger partial charge in [-0.3, -0.25) is 9.59 Å². The second-order valence-electron chi connectivity index (χ2n) is 6.90. The van der Waals surface area contributed by atoms with Crippen LogP contribution in [-0.4, -0.2) is 28.9 Å². The zero-order valence-corrected chi connectivity index (χ0v) is 13.1. The highest BCUT2D eigenvalue weighted by Crippen LogP contribution is 2.45. The van der Waals surface area contributed by atoms with Gasteiger partial charge >= 0.3 is 5.97 Å². The van der Waals surface area contributed by atoms with Crippen molar-refractivity contribution in [1.29, 1.82) is 0 Å². The average Bonchev–Trinajstić information content (AvgIpc) is 2.77. The van der Waals surface area contributed by atoms with Crippen LogP contribution in [0.15, 0.2) is 12.1 Å². The highest BCUT2D eigenvalue weighted by Gasteiger charge is 2.39. The predicted molar refractivity (Wildman–Crippen MR) is 83.6 cm³/mol. The molecule has 0 saturated heterocycles. The number of aliphatic carboxylic acids is 1. The molecule has 0 unspecified atom stereocenters. The molecule has 118 valence electrons. The van der Waals surface area contributed by atoms with Crippen molar-refractivity contribution in [1.82, 2.24) is 4.90 Å². The van der Waals surface area contributed by atoms with Crippen molar-refractivity contribution in [3.05, 3.63) is 28.8 Å². The molecule has 0 aromatic heterocycles. The van der Waals surface area contributed by atoms with Crippen LogP contribution in [0.4, 0.5) is 5.69 Å². The molecule has 0 atom stereocenters. The Labute approximate surface area is 130 Å². The highest BCUT2D eigenvalue weighted by atomic mass is 16.4. The minimum absolute atomic E-state index is 0.0134. The van der Waals surface area contributed by atoms with Gasteiger partial charge in [0.25, 0.3) is 5.91 Å². The Morgan fingerprint density at radius 1 is 1.36 bits per heavy atom. The summed E-state index contributed by atoms with van der Waals surface area (Å²) in [6, 6.07) is 3.84. The van der Waals surface area contributed by atoms with Crippen molar-refractivity contribution in [3.63, 3.8) is 0 Å². The number of nitrogens with zero attached hydrogens (tertiary/aromatic N) is 1. The zero-order valence-electron chi connectivity index (χ0n) is 13.1. The second-order valence-corrected chi connectivity index (χ2v) is 6.90. The van der Waals surface area contributed by atoms with Gasteiger partial charge in [0.05, 0.1) is 11.0 Å². The third-order valence-electron chi connectivity index (χ3n) is 5.38. The van der Waals surface area contributed by atoms with Gasteiger partial charge in [-0.05, 0) is 55.7 Å². The molecule has 2 aliphatic rings. The number of hydrogen-bond donors (Lipinski definition) is 2. The molecule has 1 aromatic carbocycles. The smallest absolute Gasteiger partial charge is 0.309 e. The van der Waals surface area contributed by atoms with E-state index in [1.165, 1.54) is 5.56 Å². The van der Waals surface area contributed by atoms with Crippen LogP contribution in [-0.2, 0) is 11.3 Å². The van der Waals surface area contributed by atoms with Crippen molar-refractivity contribution < 1.29 is 14.7 Å². The van der Waals surface area contributed by atoms with Crippen molar-refractivity contribution >= 4 is 17.6 Å². The van der Waals surface area contributed by atoms with Gasteiger partial charge in [-0.2, -0.15) is 0 Å². The fraction of sp³-hybridized carbons (Fsp3) is 0.529. The minimum Gasteiger partial charge on any atom is -0.481 e. The quantitative estimate of drug-likeness (QED) is 0.823. The Morgan fingerprint density at radius 3 is 2.59 bits per heavy atom. The van der Waals surface area contributed by atoms with Crippen molar-refractivity contribution in [2.45, 2.75) is 45.1 Å². The van der Waals surface area contributed by atoms with Gasteiger partial charge in [-0.1, -0.05) is 6.07 Å². The zero-order chi connectivity index (χ0) is 16.1. The van der Waals surface area contributed by atoms with Crippen LogP contribution in [0.2, 0.25) is 0 Å². The van der Waals surface area contributed by atoms with Gasteiger partial charge in [0.2, 0.25) is 0 Å². The van der Waals surface area contributed by atoms with Crippen LogP contribution >= 0.6 is 0 Å². The van der Waals surface area contributed by atoms with Crippen LogP contribution in [0, 0.1) is 5.41 Å². The molecular weight excluding hydrogens is 280 g/mol. The summed E-state index contributed by atoms with van der Waals surface area (Å²) < 4.78 is 0. The molecular formula is C17H22N2O3. The number of carboxylic acid groups (broad SMARTS) is 1. The van der Waals surface area contributed by atoms with Crippen LogP contribution in [0.3, 0.4) is 0 Å². The largest absolute Gasteiger partial charge is 0.481 e. The van der Waals surface area contributed by atoms with Crippen LogP contribution < -0.4 is 5.73 Å². The molecule has 1 fully saturated rings. The first-order chi connectivity index (χ1) is 10.3. The number of carbonyl (C=O) groups excluding carboxylic acids is 1. The Morgan fingerprint density at radius 2 is 2.00 bits per heavy atom. The highest BCUT2D eigenvalue weighted by molar-refractivity contribution is 6.03. The van der Waals surface area contributed by atoms with E-state index in [9.17, 15) is 14.7 Å². The number of nitrogens with two attached hydrogens (primary N) is 1. The molecule has 0 radical (unpaired) electrons. The fourth-order valence-corrected chi connectivity index (χ4v) is 3.77. The molecule has 3 N–H and O–H groups in total. The summed E-state index contributed by atoms with van der Waals surface area (Å²) >= 11 is 0. The maximum absolute atomic E-state index is 12.2. The van der Waals surface area contributed by atoms with Gasteiger partial charge in [0.15, 0.2) is 0 Å². The molecule has 3 rings (SSSR count). The molecule has 0 spiro atoms. The van der Waals surface area contributed by atoms with E-state index in [-0.39, 0.29) is 5.91 Å². The first-order valence-electron chi connectivity index (χ1n) is 7.73. The number of anilines is 1. The molecule has 0 bridgehead atoms. The lowest BCUT2D eigenvalue weighted by Crippen LogP contribution is -2.32. The monoisotopic (exact) mass is 302 g/mol. The molecule has 1 saturated carbocycles. The number of fused-ring (bicyclic) bond motifs is 1. The summed E-state index contributed by atoms with van der Waals surface area (Å²) in [5.74, 6) is -0.398. The van der Waals surface area contributed by atoms with Crippen LogP contribution in [0.5, 0.6) is 0 Å². The second kappa shape index (κ2) is 5.00. The van der Waals surface area contributed by atoms with Gasteiger partial charge in [0, 0.05) is 19.3 Å². The number of carbonyl (C=O) groups is 2. The SMILES string of the molecule is CN1Cc2c(c(N)ccc2[C@H]2CC[C@@](C)(C(=O)O)CC2)C1=O. The van der Waals surface area contributed by atoms with E-state index in [4.69, 9.17) is 5.73 Å². The molecule has 5 nitrogen and oxygen atoms in total. The summed E-state index contributed by atoms with van der Waals surface area (Å²) in [4.78, 5) is 25.3. The standard InChI is InChI=1S/C17H22N2O3/c1-17(16(21)22)7-5-10(6-8-17)11-3-4-13(18)14-12(11)9-19(2)15(14)20/h3-4,10H,5-9,18H2,1-2H3,(H,21,22)/t10-,17+. The van der Waals surface area contributed by atoms with Gasteiger partial charge in [-0.15, -0.1) is 0 Å². The van der Waals surface area contributed by atoms with Gasteiger partial charge in [-0.25, -0.2) is 0 Å². The first kappa shape index (κ1) is 14.9. The van der Waals surface area contributed by atoms with Gasteiger partial charge < -0.3 is 15.7 Å². The average molecular weight is 302 g/mol. The van der Waals surface area contributed by atoms with E-state index in [2.05, 4.69) is 0 Å². The Hall–Kier alpha value is -2.04. The summed E-state index contributed by atoms with van der Waals surface area (Å²) in [6.07, 6.45) is 3.04. The number of carboxylic acids is 1.